The van der Waals surface area contributed by atoms with Gasteiger partial charge < -0.3 is 10.2 Å². The molecular weight excluding hydrogens is 425 g/mol. The molecule has 1 heterocycles. The molecule has 0 atom stereocenters. The first-order valence-corrected chi connectivity index (χ1v) is 9.46. The minimum atomic E-state index is -3.43. The molecular formula is C14H24BrCl2N3O2S. The molecule has 1 aliphatic heterocycles. The van der Waals surface area contributed by atoms with Crippen LogP contribution in [-0.4, -0.2) is 52.6 Å². The Morgan fingerprint density at radius 1 is 1.26 bits per heavy atom. The zero-order chi connectivity index (χ0) is 15.3. The highest BCUT2D eigenvalue weighted by molar-refractivity contribution is 9.10. The average Bonchev–Trinajstić information content (AvgIpc) is 2.47. The van der Waals surface area contributed by atoms with E-state index >= 15 is 0 Å². The van der Waals surface area contributed by atoms with Gasteiger partial charge in [-0.3, -0.25) is 0 Å². The molecule has 9 heteroatoms. The van der Waals surface area contributed by atoms with E-state index in [0.29, 0.717) is 11.4 Å². The van der Waals surface area contributed by atoms with E-state index in [2.05, 4.69) is 30.9 Å². The second kappa shape index (κ2) is 10.9. The van der Waals surface area contributed by atoms with E-state index in [9.17, 15) is 8.42 Å². The molecule has 1 saturated heterocycles. The topological polar surface area (TPSA) is 61.4 Å². The maximum absolute atomic E-state index is 12.3. The van der Waals surface area contributed by atoms with E-state index in [1.807, 2.05) is 6.07 Å². The van der Waals surface area contributed by atoms with Crippen molar-refractivity contribution in [3.63, 3.8) is 0 Å². The van der Waals surface area contributed by atoms with Crippen LogP contribution in [0.25, 0.3) is 0 Å². The van der Waals surface area contributed by atoms with E-state index in [-0.39, 0.29) is 24.8 Å². The van der Waals surface area contributed by atoms with Gasteiger partial charge in [0.15, 0.2) is 0 Å². The van der Waals surface area contributed by atoms with Crippen molar-refractivity contribution >= 4 is 50.8 Å². The highest BCUT2D eigenvalue weighted by atomic mass is 79.9. The van der Waals surface area contributed by atoms with Crippen molar-refractivity contribution in [1.29, 1.82) is 0 Å². The average molecular weight is 449 g/mol. The van der Waals surface area contributed by atoms with Crippen LogP contribution in [-0.2, 0) is 10.0 Å². The third-order valence-corrected chi connectivity index (χ3v) is 6.12. The molecule has 2 rings (SSSR count). The number of rotatable bonds is 6. The fourth-order valence-electron chi connectivity index (χ4n) is 2.40. The van der Waals surface area contributed by atoms with E-state index in [0.717, 1.165) is 49.2 Å². The van der Waals surface area contributed by atoms with Crippen molar-refractivity contribution in [1.82, 2.24) is 14.9 Å². The molecule has 134 valence electrons. The molecule has 1 aliphatic rings. The van der Waals surface area contributed by atoms with E-state index in [1.165, 1.54) is 0 Å². The molecule has 0 aliphatic carbocycles. The van der Waals surface area contributed by atoms with Gasteiger partial charge in [-0.15, -0.1) is 24.8 Å². The van der Waals surface area contributed by atoms with Crippen molar-refractivity contribution < 1.29 is 8.42 Å². The highest BCUT2D eigenvalue weighted by Crippen LogP contribution is 2.22. The van der Waals surface area contributed by atoms with Gasteiger partial charge in [-0.2, -0.15) is 0 Å². The third-order valence-electron chi connectivity index (χ3n) is 3.66. The van der Waals surface area contributed by atoms with E-state index < -0.39 is 10.0 Å². The monoisotopic (exact) mass is 447 g/mol. The van der Waals surface area contributed by atoms with Gasteiger partial charge in [0.05, 0.1) is 4.90 Å². The molecule has 0 unspecified atom stereocenters. The van der Waals surface area contributed by atoms with Gasteiger partial charge in [0.25, 0.3) is 0 Å². The standard InChI is InChI=1S/C14H22BrN3O2S.2ClH/c1-12-13(15)4-2-5-14(12)21(19,20)17-6-3-9-18-10-7-16-8-11-18;;/h2,4-5,16-17H,3,6-11H2,1H3;2*1H. The normalized spacial score (nSPS) is 15.6. The third kappa shape index (κ3) is 6.86. The van der Waals surface area contributed by atoms with Crippen LogP contribution in [0.1, 0.15) is 12.0 Å². The molecule has 0 radical (unpaired) electrons. The number of hydrogen-bond acceptors (Lipinski definition) is 4. The number of benzene rings is 1. The molecule has 0 aromatic heterocycles. The zero-order valence-electron chi connectivity index (χ0n) is 13.0. The van der Waals surface area contributed by atoms with E-state index in [1.54, 1.807) is 19.1 Å². The second-order valence-corrected chi connectivity index (χ2v) is 7.80. The van der Waals surface area contributed by atoms with Crippen LogP contribution in [0, 0.1) is 6.92 Å². The molecule has 5 nitrogen and oxygen atoms in total. The Morgan fingerprint density at radius 3 is 2.57 bits per heavy atom. The number of halogens is 3. The molecule has 0 spiro atoms. The van der Waals surface area contributed by atoms with Gasteiger partial charge in [0.1, 0.15) is 0 Å². The number of nitrogens with zero attached hydrogens (tertiary/aromatic N) is 1. The maximum atomic E-state index is 12.3. The lowest BCUT2D eigenvalue weighted by Crippen LogP contribution is -2.44. The summed E-state index contributed by atoms with van der Waals surface area (Å²) in [6.45, 7) is 7.32. The van der Waals surface area contributed by atoms with Crippen LogP contribution in [0.3, 0.4) is 0 Å². The van der Waals surface area contributed by atoms with Crippen LogP contribution in [0.4, 0.5) is 0 Å². The summed E-state index contributed by atoms with van der Waals surface area (Å²) >= 11 is 3.37. The number of piperazine rings is 1. The summed E-state index contributed by atoms with van der Waals surface area (Å²) in [6.07, 6.45) is 0.826. The molecule has 0 amide bonds. The lowest BCUT2D eigenvalue weighted by atomic mass is 10.2. The van der Waals surface area contributed by atoms with Crippen molar-refractivity contribution in [2.75, 3.05) is 39.3 Å². The summed E-state index contributed by atoms with van der Waals surface area (Å²) in [6, 6.07) is 5.23. The first kappa shape index (κ1) is 23.1. The van der Waals surface area contributed by atoms with Crippen LogP contribution in [0.15, 0.2) is 27.6 Å². The lowest BCUT2D eigenvalue weighted by molar-refractivity contribution is 0.239. The Hall–Kier alpha value is 0.110. The predicted molar refractivity (Wildman–Crippen MR) is 102 cm³/mol. The summed E-state index contributed by atoms with van der Waals surface area (Å²) in [5.41, 5.74) is 0.743. The van der Waals surface area contributed by atoms with Crippen LogP contribution >= 0.6 is 40.7 Å². The summed E-state index contributed by atoms with van der Waals surface area (Å²) in [4.78, 5) is 2.70. The molecule has 0 saturated carbocycles. The van der Waals surface area contributed by atoms with E-state index in [4.69, 9.17) is 0 Å². The number of sulfonamides is 1. The van der Waals surface area contributed by atoms with Gasteiger partial charge in [0.2, 0.25) is 10.0 Å². The summed E-state index contributed by atoms with van der Waals surface area (Å²) in [5.74, 6) is 0. The molecule has 0 bridgehead atoms. The Balaban J connectivity index is 0.00000242. The van der Waals surface area contributed by atoms with Crippen LogP contribution in [0.5, 0.6) is 0 Å². The van der Waals surface area contributed by atoms with Crippen LogP contribution in [0.2, 0.25) is 0 Å². The smallest absolute Gasteiger partial charge is 0.240 e. The summed E-state index contributed by atoms with van der Waals surface area (Å²) in [7, 11) is -3.43. The largest absolute Gasteiger partial charge is 0.314 e. The van der Waals surface area contributed by atoms with Gasteiger partial charge in [-0.25, -0.2) is 13.1 Å². The van der Waals surface area contributed by atoms with Crippen molar-refractivity contribution in [3.8, 4) is 0 Å². The molecule has 1 aromatic carbocycles. The van der Waals surface area contributed by atoms with Crippen molar-refractivity contribution in [2.45, 2.75) is 18.2 Å². The number of nitrogens with one attached hydrogen (secondary N) is 2. The first-order chi connectivity index (χ1) is 10.0. The minimum Gasteiger partial charge on any atom is -0.314 e. The highest BCUT2D eigenvalue weighted by Gasteiger charge is 2.17. The molecule has 2 N–H and O–H groups in total. The van der Waals surface area contributed by atoms with Gasteiger partial charge in [-0.05, 0) is 37.6 Å². The lowest BCUT2D eigenvalue weighted by Gasteiger charge is -2.27. The minimum absolute atomic E-state index is 0. The quantitative estimate of drug-likeness (QED) is 0.654. The summed E-state index contributed by atoms with van der Waals surface area (Å²) in [5, 5.41) is 3.30. The number of hydrogen-bond donors (Lipinski definition) is 2. The van der Waals surface area contributed by atoms with Gasteiger partial charge in [-0.1, -0.05) is 22.0 Å². The fourth-order valence-corrected chi connectivity index (χ4v) is 4.24. The van der Waals surface area contributed by atoms with Gasteiger partial charge >= 0.3 is 0 Å². The van der Waals surface area contributed by atoms with Crippen molar-refractivity contribution in [2.24, 2.45) is 0 Å². The second-order valence-electron chi connectivity index (χ2n) is 5.21. The zero-order valence-corrected chi connectivity index (χ0v) is 17.1. The van der Waals surface area contributed by atoms with Crippen LogP contribution < -0.4 is 10.0 Å². The Morgan fingerprint density at radius 2 is 1.91 bits per heavy atom. The SMILES string of the molecule is Cc1c(Br)cccc1S(=O)(=O)NCCCN1CCNCC1.Cl.Cl. The van der Waals surface area contributed by atoms with Gasteiger partial charge in [0, 0.05) is 37.2 Å². The summed E-state index contributed by atoms with van der Waals surface area (Å²) < 4.78 is 28.1. The molecule has 1 fully saturated rings. The Bertz CT molecular complexity index is 581. The molecule has 1 aromatic rings. The fraction of sp³-hybridized carbons (Fsp3) is 0.571. The predicted octanol–water partition coefficient (Wildman–Crippen LogP) is 2.17. The Labute approximate surface area is 159 Å². The maximum Gasteiger partial charge on any atom is 0.240 e. The Kier molecular flexibility index (Phi) is 10.9. The molecule has 23 heavy (non-hydrogen) atoms. The first-order valence-electron chi connectivity index (χ1n) is 7.18. The van der Waals surface area contributed by atoms with Crippen molar-refractivity contribution in [3.05, 3.63) is 28.2 Å².